The van der Waals surface area contributed by atoms with Crippen molar-refractivity contribution in [2.24, 2.45) is 5.92 Å². The molecule has 0 spiro atoms. The molecule has 0 aliphatic carbocycles. The Labute approximate surface area is 182 Å². The minimum Gasteiger partial charge on any atom is -0.480 e. The third kappa shape index (κ3) is 6.32. The molecule has 0 aliphatic rings. The van der Waals surface area contributed by atoms with Crippen molar-refractivity contribution in [3.05, 3.63) is 41.3 Å². The lowest BCUT2D eigenvalue weighted by atomic mass is 10.0. The van der Waals surface area contributed by atoms with Crippen molar-refractivity contribution in [2.75, 3.05) is 0 Å². The second-order valence-electron chi connectivity index (χ2n) is 7.41. The number of nitrogens with zero attached hydrogens (tertiary/aromatic N) is 2. The normalized spacial score (nSPS) is 12.6. The summed E-state index contributed by atoms with van der Waals surface area (Å²) in [4.78, 5) is 53.3. The fourth-order valence-corrected chi connectivity index (χ4v) is 2.95. The number of Topliss-reactive ketones (excluding diaryl/α,β-unsaturated/α-hetero) is 1. The van der Waals surface area contributed by atoms with Gasteiger partial charge < -0.3 is 25.7 Å². The first-order valence-electron chi connectivity index (χ1n) is 9.82. The number of para-hydroxylation sites is 1. The Kier molecular flexibility index (Phi) is 8.37. The molecule has 1 aromatic heterocycles. The number of aliphatic carboxylic acids is 1. The van der Waals surface area contributed by atoms with Crippen LogP contribution < -0.4 is 5.32 Å². The third-order valence-electron chi connectivity index (χ3n) is 4.67. The number of ketones is 1. The summed E-state index contributed by atoms with van der Waals surface area (Å²) in [7, 11) is 0. The average Bonchev–Trinajstić information content (AvgIpc) is 3.14. The number of carboxylic acid groups (broad SMARTS) is 1. The molecule has 32 heavy (non-hydrogen) atoms. The van der Waals surface area contributed by atoms with Crippen LogP contribution in [0.2, 0.25) is 0 Å². The van der Waals surface area contributed by atoms with Crippen LogP contribution >= 0.6 is 0 Å². The topological polar surface area (TPSA) is 162 Å². The molecular weight excluding hydrogens is 423 g/mol. The van der Waals surface area contributed by atoms with E-state index in [0.717, 1.165) is 0 Å². The first-order valence-corrected chi connectivity index (χ1v) is 9.82. The molecule has 2 aromatic rings. The van der Waals surface area contributed by atoms with E-state index in [1.54, 1.807) is 19.9 Å². The Morgan fingerprint density at radius 3 is 2.66 bits per heavy atom. The molecule has 10 nitrogen and oxygen atoms in total. The van der Waals surface area contributed by atoms with E-state index in [-0.39, 0.29) is 24.8 Å². The van der Waals surface area contributed by atoms with E-state index in [0.29, 0.717) is 17.2 Å². The molecule has 1 aromatic carbocycles. The highest BCUT2D eigenvalue weighted by Crippen LogP contribution is 2.23. The lowest BCUT2D eigenvalue weighted by molar-refractivity contribution is -0.159. The molecule has 0 aliphatic heterocycles. The number of benzene rings is 1. The Morgan fingerprint density at radius 2 is 2.03 bits per heavy atom. The van der Waals surface area contributed by atoms with Crippen LogP contribution in [0, 0.1) is 11.7 Å². The highest BCUT2D eigenvalue weighted by Gasteiger charge is 2.30. The maximum Gasteiger partial charge on any atom is 0.326 e. The summed E-state index contributed by atoms with van der Waals surface area (Å²) in [5.41, 5.74) is 9.08. The van der Waals surface area contributed by atoms with Crippen molar-refractivity contribution in [2.45, 2.75) is 45.3 Å². The van der Waals surface area contributed by atoms with Crippen molar-refractivity contribution >= 4 is 40.7 Å². The van der Waals surface area contributed by atoms with Gasteiger partial charge in [-0.05, 0) is 18.1 Å². The molecule has 0 saturated heterocycles. The molecule has 1 amide bonds. The van der Waals surface area contributed by atoms with E-state index in [2.05, 4.69) is 15.1 Å². The third-order valence-corrected chi connectivity index (χ3v) is 4.67. The van der Waals surface area contributed by atoms with Gasteiger partial charge in [-0.1, -0.05) is 26.0 Å². The number of fused-ring (bicyclic) bond motifs is 1. The van der Waals surface area contributed by atoms with Crippen LogP contribution in [0.3, 0.4) is 0 Å². The summed E-state index contributed by atoms with van der Waals surface area (Å²) in [5, 5.41) is 12.1. The van der Waals surface area contributed by atoms with Crippen molar-refractivity contribution in [1.82, 2.24) is 10.3 Å². The van der Waals surface area contributed by atoms with E-state index in [1.165, 1.54) is 18.3 Å². The summed E-state index contributed by atoms with van der Waals surface area (Å²) >= 11 is 0. The molecule has 11 heteroatoms. The number of hydrogen-bond donors (Lipinski definition) is 3. The molecule has 170 valence electrons. The summed E-state index contributed by atoms with van der Waals surface area (Å²) in [5.74, 6) is -4.60. The van der Waals surface area contributed by atoms with Crippen molar-refractivity contribution in [3.8, 4) is 0 Å². The molecule has 0 unspecified atom stereocenters. The summed E-state index contributed by atoms with van der Waals surface area (Å²) < 4.78 is 19.3. The molecule has 2 atom stereocenters. The molecular formula is C21H23FN4O6. The number of carbonyl (C=O) groups is 4. The number of carboxylic acids is 1. The lowest BCUT2D eigenvalue weighted by Gasteiger charge is -2.21. The van der Waals surface area contributed by atoms with Crippen molar-refractivity contribution < 1.29 is 38.2 Å². The average molecular weight is 446 g/mol. The van der Waals surface area contributed by atoms with Gasteiger partial charge in [0.25, 0.3) is 5.91 Å². The van der Waals surface area contributed by atoms with Gasteiger partial charge in [0, 0.05) is 24.4 Å². The van der Waals surface area contributed by atoms with E-state index in [1.807, 2.05) is 0 Å². The zero-order valence-electron chi connectivity index (χ0n) is 17.5. The first-order chi connectivity index (χ1) is 15.1. The molecule has 3 N–H and O–H groups in total. The van der Waals surface area contributed by atoms with Crippen LogP contribution in [0.4, 0.5) is 4.39 Å². The highest BCUT2D eigenvalue weighted by atomic mass is 19.1. The molecule has 0 radical (unpaired) electrons. The number of carbonyl (C=O) groups excluding carboxylic acids is 3. The number of aromatic amines is 1. The van der Waals surface area contributed by atoms with E-state index >= 15 is 0 Å². The Hall–Kier alpha value is -3.85. The SMILES string of the molecule is CC(C)C(=O)O[C@@H](Cc1c[nH]c2c(F)cccc12)C(=O)N[C@@H](CCC(=O)C=[N+]=[N-])C(=O)O. The number of aromatic nitrogens is 1. The second kappa shape index (κ2) is 11.0. The van der Waals surface area contributed by atoms with Crippen LogP contribution in [-0.2, 0) is 30.3 Å². The summed E-state index contributed by atoms with van der Waals surface area (Å²) in [6, 6.07) is 2.96. The van der Waals surface area contributed by atoms with Crippen LogP contribution in [0.1, 0.15) is 32.3 Å². The quantitative estimate of drug-likeness (QED) is 0.206. The predicted octanol–water partition coefficient (Wildman–Crippen LogP) is 1.64. The Balaban J connectivity index is 2.23. The van der Waals surface area contributed by atoms with E-state index < -0.39 is 47.5 Å². The monoisotopic (exact) mass is 446 g/mol. The van der Waals surface area contributed by atoms with Crippen LogP contribution in [0.25, 0.3) is 16.4 Å². The minimum absolute atomic E-state index is 0.129. The number of H-pyrrole nitrogens is 1. The lowest BCUT2D eigenvalue weighted by Crippen LogP contribution is -2.48. The number of nitrogens with one attached hydrogen (secondary N) is 2. The highest BCUT2D eigenvalue weighted by molar-refractivity contribution is 6.25. The first kappa shape index (κ1) is 24.4. The number of halogens is 1. The molecule has 0 saturated carbocycles. The Bertz CT molecular complexity index is 1070. The van der Waals surface area contributed by atoms with Gasteiger partial charge in [0.2, 0.25) is 5.78 Å². The van der Waals surface area contributed by atoms with E-state index in [4.69, 9.17) is 10.3 Å². The zero-order chi connectivity index (χ0) is 23.8. The van der Waals surface area contributed by atoms with E-state index in [9.17, 15) is 28.7 Å². The second-order valence-corrected chi connectivity index (χ2v) is 7.41. The molecule has 2 rings (SSSR count). The standard InChI is InChI=1S/C21H23FN4O6/c1-11(2)21(31)32-17(8-12-9-24-18-14(12)4-3-5-15(18)22)19(28)26-16(20(29)30)7-6-13(27)10-25-23/h3-5,9-11,16-17,24H,6-8H2,1-2H3,(H,26,28)(H,29,30)/t16-,17-/m0/s1. The largest absolute Gasteiger partial charge is 0.480 e. The number of amides is 1. The minimum atomic E-state index is -1.45. The fourth-order valence-electron chi connectivity index (χ4n) is 2.95. The number of rotatable bonds is 11. The van der Waals surface area contributed by atoms with Gasteiger partial charge in [0.1, 0.15) is 11.9 Å². The van der Waals surface area contributed by atoms with Crippen molar-refractivity contribution in [3.63, 3.8) is 0 Å². The van der Waals surface area contributed by atoms with Gasteiger partial charge in [-0.15, -0.1) is 0 Å². The van der Waals surface area contributed by atoms with Crippen LogP contribution in [0.15, 0.2) is 24.4 Å². The fraction of sp³-hybridized carbons (Fsp3) is 0.381. The van der Waals surface area contributed by atoms with Gasteiger partial charge in [0.05, 0.1) is 11.4 Å². The molecule has 1 heterocycles. The maximum atomic E-state index is 14.0. The maximum absolute atomic E-state index is 14.0. The smallest absolute Gasteiger partial charge is 0.326 e. The zero-order valence-corrected chi connectivity index (χ0v) is 17.5. The Morgan fingerprint density at radius 1 is 1.31 bits per heavy atom. The number of hydrogen-bond acceptors (Lipinski definition) is 5. The molecule has 0 fully saturated rings. The van der Waals surface area contributed by atoms with Gasteiger partial charge in [-0.2, -0.15) is 4.79 Å². The number of ether oxygens (including phenoxy) is 1. The van der Waals surface area contributed by atoms with Gasteiger partial charge >= 0.3 is 18.2 Å². The van der Waals surface area contributed by atoms with Gasteiger partial charge in [-0.25, -0.2) is 9.18 Å². The summed E-state index contributed by atoms with van der Waals surface area (Å²) in [6.07, 6.45) is 0.0388. The van der Waals surface area contributed by atoms with Crippen LogP contribution in [-0.4, -0.2) is 56.9 Å². The van der Waals surface area contributed by atoms with Crippen LogP contribution in [0.5, 0.6) is 0 Å². The van der Waals surface area contributed by atoms with Gasteiger partial charge in [-0.3, -0.25) is 14.4 Å². The number of esters is 1. The van der Waals surface area contributed by atoms with Gasteiger partial charge in [0.15, 0.2) is 6.10 Å². The predicted molar refractivity (Wildman–Crippen MR) is 110 cm³/mol. The molecule has 0 bridgehead atoms. The van der Waals surface area contributed by atoms with Crippen molar-refractivity contribution in [1.29, 1.82) is 0 Å². The summed E-state index contributed by atoms with van der Waals surface area (Å²) in [6.45, 7) is 3.15.